The molecule has 1 amide bonds. The van der Waals surface area contributed by atoms with Crippen LogP contribution in [0, 0.1) is 6.92 Å². The average Bonchev–Trinajstić information content (AvgIpc) is 3.05. The van der Waals surface area contributed by atoms with E-state index >= 15 is 0 Å². The highest BCUT2D eigenvalue weighted by molar-refractivity contribution is 7.16. The number of hydrogen-bond acceptors (Lipinski definition) is 9. The first-order valence-electron chi connectivity index (χ1n) is 9.97. The number of anilines is 1. The van der Waals surface area contributed by atoms with Gasteiger partial charge >= 0.3 is 18.0 Å². The fraction of sp³-hybridized carbons (Fsp3) is 0.409. The first kappa shape index (κ1) is 25.8. The van der Waals surface area contributed by atoms with Crippen LogP contribution < -0.4 is 5.32 Å². The second-order valence-corrected chi connectivity index (χ2v) is 9.66. The number of nitrogens with zero attached hydrogens (tertiary/aromatic N) is 2. The van der Waals surface area contributed by atoms with Gasteiger partial charge in [0.2, 0.25) is 11.3 Å². The Morgan fingerprint density at radius 2 is 1.76 bits per heavy atom. The Bertz CT molecular complexity index is 1040. The summed E-state index contributed by atoms with van der Waals surface area (Å²) in [6.07, 6.45) is -0.740. The molecule has 0 unspecified atom stereocenters. The molecule has 0 saturated heterocycles. The van der Waals surface area contributed by atoms with Crippen LogP contribution in [0.1, 0.15) is 50.8 Å². The maximum atomic E-state index is 12.3. The van der Waals surface area contributed by atoms with Crippen molar-refractivity contribution in [2.24, 2.45) is 5.16 Å². The van der Waals surface area contributed by atoms with Gasteiger partial charge in [-0.3, -0.25) is 5.32 Å². The number of oxime groups is 1. The van der Waals surface area contributed by atoms with Gasteiger partial charge in [0.05, 0.1) is 0 Å². The number of benzene rings is 1. The number of esters is 1. The predicted molar refractivity (Wildman–Crippen MR) is 122 cm³/mol. The van der Waals surface area contributed by atoms with Gasteiger partial charge in [-0.25, -0.2) is 19.4 Å². The van der Waals surface area contributed by atoms with Gasteiger partial charge in [0.25, 0.3) is 0 Å². The Labute approximate surface area is 195 Å². The molecule has 0 radical (unpaired) electrons. The number of aryl methyl sites for hydroxylation is 1. The molecule has 1 aromatic carbocycles. The molecule has 0 fully saturated rings. The molecule has 11 heteroatoms. The number of carboxylic acids is 1. The number of carbonyl (C=O) groups excluding carboxylic acids is 2. The first-order valence-corrected chi connectivity index (χ1v) is 10.8. The van der Waals surface area contributed by atoms with Crippen LogP contribution in [0.2, 0.25) is 0 Å². The van der Waals surface area contributed by atoms with Gasteiger partial charge in [-0.15, -0.1) is 11.3 Å². The number of hydrogen-bond donors (Lipinski definition) is 2. The zero-order valence-corrected chi connectivity index (χ0v) is 20.1. The van der Waals surface area contributed by atoms with Crippen molar-refractivity contribution in [3.63, 3.8) is 0 Å². The number of thiazole rings is 1. The highest BCUT2D eigenvalue weighted by Gasteiger charge is 2.36. The molecule has 0 aliphatic heterocycles. The van der Waals surface area contributed by atoms with Crippen molar-refractivity contribution in [2.75, 3.05) is 5.32 Å². The van der Waals surface area contributed by atoms with E-state index in [0.29, 0.717) is 4.88 Å². The normalized spacial score (nSPS) is 12.1. The minimum Gasteiger partial charge on any atom is -0.476 e. The number of aliphatic carboxylic acids is 1. The lowest BCUT2D eigenvalue weighted by Gasteiger charge is -2.26. The molecule has 0 bridgehead atoms. The molecule has 0 aliphatic rings. The van der Waals surface area contributed by atoms with Gasteiger partial charge in [0, 0.05) is 4.88 Å². The number of carbonyl (C=O) groups is 3. The molecule has 33 heavy (non-hydrogen) atoms. The van der Waals surface area contributed by atoms with E-state index in [4.69, 9.17) is 14.3 Å². The van der Waals surface area contributed by atoms with E-state index in [1.54, 1.807) is 27.7 Å². The van der Waals surface area contributed by atoms with Crippen molar-refractivity contribution in [1.82, 2.24) is 4.98 Å². The number of ether oxygens (including phenoxy) is 2. The Morgan fingerprint density at radius 1 is 1.12 bits per heavy atom. The van der Waals surface area contributed by atoms with Gasteiger partial charge in [-0.05, 0) is 47.1 Å². The molecular formula is C22H27N3O7S. The summed E-state index contributed by atoms with van der Waals surface area (Å²) in [4.78, 5) is 46.0. The topological polar surface area (TPSA) is 136 Å². The Balaban J connectivity index is 2.12. The van der Waals surface area contributed by atoms with E-state index in [-0.39, 0.29) is 17.4 Å². The maximum absolute atomic E-state index is 12.3. The van der Waals surface area contributed by atoms with Crippen LogP contribution in [-0.2, 0) is 30.5 Å². The van der Waals surface area contributed by atoms with Crippen molar-refractivity contribution in [3.8, 4) is 0 Å². The molecule has 2 rings (SSSR count). The fourth-order valence-electron chi connectivity index (χ4n) is 2.30. The lowest BCUT2D eigenvalue weighted by molar-refractivity contribution is -0.179. The molecule has 1 heterocycles. The standard InChI is InChI=1S/C22H27N3O7S/c1-13-15(16(17(26)27)25-32-22(5,6)18(28)31-21(2,3)4)23-19(33-13)24-20(29)30-12-14-10-8-7-9-11-14/h7-11H,12H2,1-6H3,(H,26,27)(H,23,24,29)/b25-16-. The molecule has 1 aromatic heterocycles. The summed E-state index contributed by atoms with van der Waals surface area (Å²) in [5.74, 6) is -2.12. The van der Waals surface area contributed by atoms with Gasteiger partial charge in [-0.1, -0.05) is 35.5 Å². The van der Waals surface area contributed by atoms with Crippen LogP contribution in [0.15, 0.2) is 35.5 Å². The number of nitrogens with one attached hydrogen (secondary N) is 1. The first-order chi connectivity index (χ1) is 15.3. The van der Waals surface area contributed by atoms with Crippen molar-refractivity contribution < 1.29 is 33.8 Å². The lowest BCUT2D eigenvalue weighted by atomic mass is 10.1. The molecule has 0 spiro atoms. The second kappa shape index (κ2) is 10.4. The van der Waals surface area contributed by atoms with Crippen molar-refractivity contribution in [2.45, 2.75) is 59.4 Å². The van der Waals surface area contributed by atoms with E-state index in [0.717, 1.165) is 16.9 Å². The average molecular weight is 478 g/mol. The smallest absolute Gasteiger partial charge is 0.413 e. The van der Waals surface area contributed by atoms with Crippen LogP contribution in [0.4, 0.5) is 9.93 Å². The SMILES string of the molecule is Cc1sc(NC(=O)OCc2ccccc2)nc1/C(=N/OC(C)(C)C(=O)OC(C)(C)C)C(=O)O. The largest absolute Gasteiger partial charge is 0.476 e. The molecule has 2 N–H and O–H groups in total. The summed E-state index contributed by atoms with van der Waals surface area (Å²) in [5, 5.41) is 15.9. The highest BCUT2D eigenvalue weighted by Crippen LogP contribution is 2.24. The molecule has 0 atom stereocenters. The monoisotopic (exact) mass is 477 g/mol. The second-order valence-electron chi connectivity index (χ2n) is 8.46. The van der Waals surface area contributed by atoms with Crippen molar-refractivity contribution in [3.05, 3.63) is 46.5 Å². The third-order valence-corrected chi connectivity index (χ3v) is 4.79. The molecular weight excluding hydrogens is 450 g/mol. The number of carboxylic acid groups (broad SMARTS) is 1. The summed E-state index contributed by atoms with van der Waals surface area (Å²) < 4.78 is 10.4. The van der Waals surface area contributed by atoms with Crippen LogP contribution in [0.25, 0.3) is 0 Å². The minimum absolute atomic E-state index is 0.00847. The van der Waals surface area contributed by atoms with Crippen LogP contribution >= 0.6 is 11.3 Å². The zero-order chi connectivity index (χ0) is 24.8. The van der Waals surface area contributed by atoms with E-state index in [2.05, 4.69) is 15.5 Å². The van der Waals surface area contributed by atoms with Gasteiger partial charge in [0.1, 0.15) is 17.9 Å². The fourth-order valence-corrected chi connectivity index (χ4v) is 3.10. The quantitative estimate of drug-likeness (QED) is 0.329. The minimum atomic E-state index is -1.54. The van der Waals surface area contributed by atoms with Gasteiger partial charge < -0.3 is 19.4 Å². The van der Waals surface area contributed by atoms with Crippen LogP contribution in [0.3, 0.4) is 0 Å². The Morgan fingerprint density at radius 3 is 2.33 bits per heavy atom. The van der Waals surface area contributed by atoms with Crippen LogP contribution in [-0.4, -0.2) is 45.0 Å². The molecule has 178 valence electrons. The van der Waals surface area contributed by atoms with Crippen molar-refractivity contribution in [1.29, 1.82) is 0 Å². The highest BCUT2D eigenvalue weighted by atomic mass is 32.1. The Kier molecular flexibility index (Phi) is 8.15. The number of rotatable bonds is 8. The predicted octanol–water partition coefficient (Wildman–Crippen LogP) is 4.13. The molecule has 2 aromatic rings. The van der Waals surface area contributed by atoms with E-state index in [1.807, 2.05) is 30.3 Å². The molecule has 0 aliphatic carbocycles. The number of aromatic nitrogens is 1. The third kappa shape index (κ3) is 7.86. The summed E-state index contributed by atoms with van der Waals surface area (Å²) in [6.45, 7) is 9.60. The zero-order valence-electron chi connectivity index (χ0n) is 19.3. The van der Waals surface area contributed by atoms with Crippen molar-refractivity contribution >= 4 is 40.2 Å². The summed E-state index contributed by atoms with van der Waals surface area (Å²) in [7, 11) is 0. The molecule has 0 saturated carbocycles. The summed E-state index contributed by atoms with van der Waals surface area (Å²) in [6, 6.07) is 9.13. The molecule has 10 nitrogen and oxygen atoms in total. The third-order valence-electron chi connectivity index (χ3n) is 3.90. The Hall–Kier alpha value is -3.47. The summed E-state index contributed by atoms with van der Waals surface area (Å²) >= 11 is 1.04. The summed E-state index contributed by atoms with van der Waals surface area (Å²) in [5.41, 5.74) is -2.01. The van der Waals surface area contributed by atoms with E-state index in [9.17, 15) is 19.5 Å². The van der Waals surface area contributed by atoms with Gasteiger partial charge in [0.15, 0.2) is 5.13 Å². The van der Waals surface area contributed by atoms with Crippen LogP contribution in [0.5, 0.6) is 0 Å². The lowest BCUT2D eigenvalue weighted by Crippen LogP contribution is -2.40. The van der Waals surface area contributed by atoms with E-state index < -0.39 is 34.9 Å². The maximum Gasteiger partial charge on any atom is 0.413 e. The van der Waals surface area contributed by atoms with E-state index in [1.165, 1.54) is 13.8 Å². The van der Waals surface area contributed by atoms with Gasteiger partial charge in [-0.2, -0.15) is 0 Å². The number of amides is 1.